The quantitative estimate of drug-likeness (QED) is 0.451. The maximum atomic E-state index is 13.5. The molecule has 5 rings (SSSR count). The number of amides is 1. The third-order valence-electron chi connectivity index (χ3n) is 5.89. The molecule has 1 atom stereocenters. The molecule has 0 spiro atoms. The van der Waals surface area contributed by atoms with Crippen molar-refractivity contribution in [1.29, 1.82) is 0 Å². The van der Waals surface area contributed by atoms with E-state index in [9.17, 15) is 4.79 Å². The molecular formula is C27H26N6O. The summed E-state index contributed by atoms with van der Waals surface area (Å²) in [6.45, 7) is 1.90. The van der Waals surface area contributed by atoms with E-state index in [0.717, 1.165) is 28.2 Å². The van der Waals surface area contributed by atoms with Gasteiger partial charge in [0.05, 0.1) is 5.57 Å². The van der Waals surface area contributed by atoms with Gasteiger partial charge in [-0.05, 0) is 48.9 Å². The minimum absolute atomic E-state index is 0.178. The highest BCUT2D eigenvalue weighted by Crippen LogP contribution is 2.36. The molecule has 0 bridgehead atoms. The molecule has 1 amide bonds. The summed E-state index contributed by atoms with van der Waals surface area (Å²) >= 11 is 0. The molecule has 0 radical (unpaired) electrons. The molecule has 0 saturated carbocycles. The van der Waals surface area contributed by atoms with Crippen molar-refractivity contribution >= 4 is 23.2 Å². The number of anilines is 3. The van der Waals surface area contributed by atoms with Crippen LogP contribution in [0.25, 0.3) is 11.4 Å². The first-order valence-electron chi connectivity index (χ1n) is 11.1. The van der Waals surface area contributed by atoms with Crippen LogP contribution in [0, 0.1) is 0 Å². The molecule has 170 valence electrons. The Balaban J connectivity index is 1.56. The molecule has 1 aliphatic heterocycles. The predicted molar refractivity (Wildman–Crippen MR) is 136 cm³/mol. The Hall–Kier alpha value is -4.39. The van der Waals surface area contributed by atoms with Crippen molar-refractivity contribution < 1.29 is 4.79 Å². The Kier molecular flexibility index (Phi) is 5.59. The zero-order valence-corrected chi connectivity index (χ0v) is 19.4. The Morgan fingerprint density at radius 2 is 1.59 bits per heavy atom. The van der Waals surface area contributed by atoms with Crippen molar-refractivity contribution in [2.24, 2.45) is 0 Å². The maximum Gasteiger partial charge on any atom is 0.255 e. The van der Waals surface area contributed by atoms with E-state index in [2.05, 4.69) is 10.6 Å². The van der Waals surface area contributed by atoms with Gasteiger partial charge in [0.15, 0.2) is 5.82 Å². The molecule has 0 fully saturated rings. The van der Waals surface area contributed by atoms with Gasteiger partial charge in [0.25, 0.3) is 5.91 Å². The maximum absolute atomic E-state index is 13.5. The second kappa shape index (κ2) is 8.86. The normalized spacial score (nSPS) is 14.9. The van der Waals surface area contributed by atoms with Crippen LogP contribution in [0.5, 0.6) is 0 Å². The van der Waals surface area contributed by atoms with E-state index < -0.39 is 6.04 Å². The summed E-state index contributed by atoms with van der Waals surface area (Å²) in [5.74, 6) is 1.03. The van der Waals surface area contributed by atoms with Crippen molar-refractivity contribution in [3.8, 4) is 11.4 Å². The van der Waals surface area contributed by atoms with Crippen molar-refractivity contribution in [3.05, 3.63) is 102 Å². The van der Waals surface area contributed by atoms with Crippen LogP contribution in [-0.4, -0.2) is 34.8 Å². The van der Waals surface area contributed by atoms with Crippen molar-refractivity contribution in [1.82, 2.24) is 14.8 Å². The Labute approximate surface area is 198 Å². The van der Waals surface area contributed by atoms with Crippen molar-refractivity contribution in [2.75, 3.05) is 29.6 Å². The summed E-state index contributed by atoms with van der Waals surface area (Å²) in [5.41, 5.74) is 5.06. The number of hydrogen-bond acceptors (Lipinski definition) is 5. The summed E-state index contributed by atoms with van der Waals surface area (Å²) in [7, 11) is 4.01. The standard InChI is InChI=1S/C27H26N6O/c1-18-23(26(34)29-21-12-8-5-9-13-21)24(19-10-6-4-7-11-19)33-27(28-18)30-25(31-33)20-14-16-22(17-15-20)32(2)3/h4-17,24H,1-3H3,(H,29,34)(H,28,30,31). The number of hydrogen-bond donors (Lipinski definition) is 2. The fraction of sp³-hybridized carbons (Fsp3) is 0.148. The zero-order valence-electron chi connectivity index (χ0n) is 19.4. The molecule has 0 aliphatic carbocycles. The smallest absolute Gasteiger partial charge is 0.255 e. The molecule has 7 nitrogen and oxygen atoms in total. The largest absolute Gasteiger partial charge is 0.378 e. The van der Waals surface area contributed by atoms with Gasteiger partial charge in [-0.3, -0.25) is 4.79 Å². The van der Waals surface area contributed by atoms with Gasteiger partial charge in [-0.2, -0.15) is 4.98 Å². The average molecular weight is 451 g/mol. The SMILES string of the molecule is CC1=C(C(=O)Nc2ccccc2)C(c2ccccc2)n2nc(-c3ccc(N(C)C)cc3)nc2N1. The fourth-order valence-corrected chi connectivity index (χ4v) is 4.14. The van der Waals surface area contributed by atoms with E-state index in [-0.39, 0.29) is 5.91 Å². The molecule has 2 N–H and O–H groups in total. The number of rotatable bonds is 5. The van der Waals surface area contributed by atoms with Crippen molar-refractivity contribution in [3.63, 3.8) is 0 Å². The molecule has 1 aromatic heterocycles. The first-order valence-corrected chi connectivity index (χ1v) is 11.1. The van der Waals surface area contributed by atoms with Crippen LogP contribution >= 0.6 is 0 Å². The third-order valence-corrected chi connectivity index (χ3v) is 5.89. The second-order valence-electron chi connectivity index (χ2n) is 8.44. The molecular weight excluding hydrogens is 424 g/mol. The van der Waals surface area contributed by atoms with Crippen LogP contribution in [0.4, 0.5) is 17.3 Å². The number of fused-ring (bicyclic) bond motifs is 1. The lowest BCUT2D eigenvalue weighted by atomic mass is 9.95. The van der Waals surface area contributed by atoms with Gasteiger partial charge in [-0.25, -0.2) is 4.68 Å². The molecule has 4 aromatic rings. The Morgan fingerprint density at radius 3 is 2.24 bits per heavy atom. The number of allylic oxidation sites excluding steroid dienone is 1. The summed E-state index contributed by atoms with van der Waals surface area (Å²) in [6, 6.07) is 27.1. The zero-order chi connectivity index (χ0) is 23.7. The van der Waals surface area contributed by atoms with Crippen LogP contribution in [0.15, 0.2) is 96.2 Å². The first-order chi connectivity index (χ1) is 16.5. The van der Waals surface area contributed by atoms with Gasteiger partial charge in [-0.1, -0.05) is 48.5 Å². The van der Waals surface area contributed by atoms with Crippen LogP contribution < -0.4 is 15.5 Å². The Morgan fingerprint density at radius 1 is 0.941 bits per heavy atom. The lowest BCUT2D eigenvalue weighted by Crippen LogP contribution is -2.31. The highest BCUT2D eigenvalue weighted by molar-refractivity contribution is 6.06. The monoisotopic (exact) mass is 450 g/mol. The number of para-hydroxylation sites is 1. The van der Waals surface area contributed by atoms with E-state index in [1.54, 1.807) is 4.68 Å². The van der Waals surface area contributed by atoms with E-state index in [0.29, 0.717) is 17.3 Å². The molecule has 2 heterocycles. The van der Waals surface area contributed by atoms with Crippen molar-refractivity contribution in [2.45, 2.75) is 13.0 Å². The number of nitrogens with zero attached hydrogens (tertiary/aromatic N) is 4. The summed E-state index contributed by atoms with van der Waals surface area (Å²) < 4.78 is 1.80. The summed E-state index contributed by atoms with van der Waals surface area (Å²) in [5, 5.41) is 11.2. The number of aromatic nitrogens is 3. The van der Waals surface area contributed by atoms with Gasteiger partial charge < -0.3 is 15.5 Å². The highest BCUT2D eigenvalue weighted by Gasteiger charge is 2.34. The minimum atomic E-state index is -0.413. The van der Waals surface area contributed by atoms with Crippen LogP contribution in [0.1, 0.15) is 18.5 Å². The first kappa shape index (κ1) is 21.5. The van der Waals surface area contributed by atoms with Gasteiger partial charge >= 0.3 is 0 Å². The average Bonchev–Trinajstić information content (AvgIpc) is 3.28. The van der Waals surface area contributed by atoms with Gasteiger partial charge in [0.2, 0.25) is 5.95 Å². The molecule has 0 saturated heterocycles. The molecule has 3 aromatic carbocycles. The van der Waals surface area contributed by atoms with E-state index in [1.807, 2.05) is 111 Å². The van der Waals surface area contributed by atoms with E-state index in [1.165, 1.54) is 0 Å². The molecule has 1 unspecified atom stereocenters. The lowest BCUT2D eigenvalue weighted by Gasteiger charge is -2.28. The topological polar surface area (TPSA) is 75.1 Å². The number of nitrogens with one attached hydrogen (secondary N) is 2. The van der Waals surface area contributed by atoms with E-state index >= 15 is 0 Å². The number of carbonyl (C=O) groups is 1. The molecule has 1 aliphatic rings. The van der Waals surface area contributed by atoms with Gasteiger partial charge in [0, 0.05) is 36.7 Å². The lowest BCUT2D eigenvalue weighted by molar-refractivity contribution is -0.113. The molecule has 7 heteroatoms. The molecule has 34 heavy (non-hydrogen) atoms. The Bertz CT molecular complexity index is 1340. The van der Waals surface area contributed by atoms with Crippen LogP contribution in [-0.2, 0) is 4.79 Å². The van der Waals surface area contributed by atoms with E-state index in [4.69, 9.17) is 10.1 Å². The predicted octanol–water partition coefficient (Wildman–Crippen LogP) is 4.94. The van der Waals surface area contributed by atoms with Crippen LogP contribution in [0.3, 0.4) is 0 Å². The number of benzene rings is 3. The fourth-order valence-electron chi connectivity index (χ4n) is 4.14. The minimum Gasteiger partial charge on any atom is -0.378 e. The summed E-state index contributed by atoms with van der Waals surface area (Å²) in [6.07, 6.45) is 0. The van der Waals surface area contributed by atoms with Gasteiger partial charge in [-0.15, -0.1) is 5.10 Å². The second-order valence-corrected chi connectivity index (χ2v) is 8.44. The summed E-state index contributed by atoms with van der Waals surface area (Å²) in [4.78, 5) is 20.3. The highest BCUT2D eigenvalue weighted by atomic mass is 16.1. The third kappa shape index (κ3) is 4.03. The van der Waals surface area contributed by atoms with Gasteiger partial charge in [0.1, 0.15) is 6.04 Å². The van der Waals surface area contributed by atoms with Crippen LogP contribution in [0.2, 0.25) is 0 Å². The number of carbonyl (C=O) groups excluding carboxylic acids is 1.